The number of nitrogens with zero attached hydrogens (tertiary/aromatic N) is 3. The van der Waals surface area contributed by atoms with Crippen LogP contribution in [0.4, 0.5) is 0 Å². The fourth-order valence-electron chi connectivity index (χ4n) is 3.39. The number of ether oxygens (including phenoxy) is 1. The number of hydrogen-bond donors (Lipinski definition) is 0. The second-order valence-corrected chi connectivity index (χ2v) is 6.67. The molecule has 6 heteroatoms. The van der Waals surface area contributed by atoms with Gasteiger partial charge in [0.1, 0.15) is 5.52 Å². The first kappa shape index (κ1) is 17.8. The molecule has 0 bridgehead atoms. The van der Waals surface area contributed by atoms with Crippen LogP contribution in [0.1, 0.15) is 10.5 Å². The van der Waals surface area contributed by atoms with E-state index in [1.165, 1.54) is 4.68 Å². The van der Waals surface area contributed by atoms with Gasteiger partial charge >= 0.3 is 5.97 Å². The van der Waals surface area contributed by atoms with E-state index in [2.05, 4.69) is 10.1 Å². The van der Waals surface area contributed by atoms with Crippen molar-refractivity contribution in [2.45, 2.75) is 0 Å². The molecule has 0 N–H and O–H groups in total. The smallest absolute Gasteiger partial charge is 0.364 e. The van der Waals surface area contributed by atoms with E-state index in [0.29, 0.717) is 27.7 Å². The van der Waals surface area contributed by atoms with Gasteiger partial charge in [0, 0.05) is 17.0 Å². The number of carbonyl (C=O) groups is 1. The average molecular weight is 393 g/mol. The summed E-state index contributed by atoms with van der Waals surface area (Å²) in [4.78, 5) is 30.4. The molecule has 2 heterocycles. The van der Waals surface area contributed by atoms with Gasteiger partial charge in [-0.15, -0.1) is 0 Å². The predicted molar refractivity (Wildman–Crippen MR) is 114 cm³/mol. The Morgan fingerprint density at radius 3 is 2.37 bits per heavy atom. The molecule has 0 aliphatic heterocycles. The fourth-order valence-corrected chi connectivity index (χ4v) is 3.39. The van der Waals surface area contributed by atoms with Gasteiger partial charge in [-0.2, -0.15) is 9.78 Å². The summed E-state index contributed by atoms with van der Waals surface area (Å²) in [6.07, 6.45) is 1.64. The zero-order valence-corrected chi connectivity index (χ0v) is 15.7. The Hall–Kier alpha value is -4.32. The van der Waals surface area contributed by atoms with Gasteiger partial charge in [-0.25, -0.2) is 4.79 Å². The van der Waals surface area contributed by atoms with Gasteiger partial charge in [-0.1, -0.05) is 54.6 Å². The van der Waals surface area contributed by atoms with Crippen molar-refractivity contribution >= 4 is 27.6 Å². The van der Waals surface area contributed by atoms with Crippen LogP contribution in [0, 0.1) is 0 Å². The quantitative estimate of drug-likeness (QED) is 0.340. The van der Waals surface area contributed by atoms with Gasteiger partial charge in [-0.05, 0) is 30.3 Å². The molecule has 0 aliphatic carbocycles. The van der Waals surface area contributed by atoms with Crippen LogP contribution in [-0.2, 0) is 0 Å². The summed E-state index contributed by atoms with van der Waals surface area (Å²) in [5.41, 5.74) is 0.894. The molecule has 0 fully saturated rings. The summed E-state index contributed by atoms with van der Waals surface area (Å²) >= 11 is 0. The van der Waals surface area contributed by atoms with Crippen molar-refractivity contribution in [3.05, 3.63) is 107 Å². The number of carbonyl (C=O) groups excluding carboxylic acids is 1. The molecule has 0 unspecified atom stereocenters. The molecule has 0 amide bonds. The summed E-state index contributed by atoms with van der Waals surface area (Å²) in [7, 11) is 0. The number of esters is 1. The number of benzene rings is 3. The van der Waals surface area contributed by atoms with Gasteiger partial charge in [-0.3, -0.25) is 9.78 Å². The van der Waals surface area contributed by atoms with Crippen LogP contribution in [0.5, 0.6) is 5.75 Å². The van der Waals surface area contributed by atoms with Crippen LogP contribution in [0.3, 0.4) is 0 Å². The first-order valence-electron chi connectivity index (χ1n) is 9.36. The third-order valence-corrected chi connectivity index (χ3v) is 4.80. The molecule has 0 spiro atoms. The molecule has 5 aromatic rings. The lowest BCUT2D eigenvalue weighted by Crippen LogP contribution is -2.25. The average Bonchev–Trinajstić information content (AvgIpc) is 2.80. The standard InChI is InChI=1S/C24H15N3O3/c28-23-19-13-5-4-12-18(19)22(26-27(23)17-10-2-1-3-11-17)24(29)30-20-14-6-8-16-9-7-15-25-21(16)20/h1-15H. The van der Waals surface area contributed by atoms with Gasteiger partial charge < -0.3 is 4.74 Å². The molecular formula is C24H15N3O3. The van der Waals surface area contributed by atoms with E-state index in [4.69, 9.17) is 4.74 Å². The van der Waals surface area contributed by atoms with Crippen LogP contribution in [0.15, 0.2) is 95.9 Å². The molecule has 0 atom stereocenters. The molecule has 0 radical (unpaired) electrons. The Balaban J connectivity index is 1.67. The van der Waals surface area contributed by atoms with Gasteiger partial charge in [0.15, 0.2) is 11.4 Å². The lowest BCUT2D eigenvalue weighted by Gasteiger charge is -2.11. The van der Waals surface area contributed by atoms with E-state index in [1.807, 2.05) is 24.3 Å². The summed E-state index contributed by atoms with van der Waals surface area (Å²) in [5, 5.41) is 6.04. The van der Waals surface area contributed by atoms with E-state index in [0.717, 1.165) is 5.39 Å². The van der Waals surface area contributed by atoms with Crippen molar-refractivity contribution in [3.8, 4) is 11.4 Å². The Labute approximate surface area is 171 Å². The summed E-state index contributed by atoms with van der Waals surface area (Å²) in [6.45, 7) is 0. The molecule has 3 aromatic carbocycles. The van der Waals surface area contributed by atoms with E-state index in [1.54, 1.807) is 66.9 Å². The first-order chi connectivity index (χ1) is 14.7. The number of hydrogen-bond acceptors (Lipinski definition) is 5. The van der Waals surface area contributed by atoms with Crippen molar-refractivity contribution in [1.29, 1.82) is 0 Å². The lowest BCUT2D eigenvalue weighted by molar-refractivity contribution is 0.0731. The van der Waals surface area contributed by atoms with Crippen LogP contribution < -0.4 is 10.3 Å². The maximum absolute atomic E-state index is 13.1. The second kappa shape index (κ2) is 7.25. The molecular weight excluding hydrogens is 378 g/mol. The van der Waals surface area contributed by atoms with E-state index in [9.17, 15) is 9.59 Å². The third kappa shape index (κ3) is 3.00. The van der Waals surface area contributed by atoms with Gasteiger partial charge in [0.2, 0.25) is 0 Å². The van der Waals surface area contributed by atoms with Gasteiger partial charge in [0.25, 0.3) is 5.56 Å². The SMILES string of the molecule is O=C(Oc1cccc2cccnc12)c1nn(-c2ccccc2)c(=O)c2ccccc12. The molecule has 0 saturated heterocycles. The highest BCUT2D eigenvalue weighted by Crippen LogP contribution is 2.25. The summed E-state index contributed by atoms with van der Waals surface area (Å²) < 4.78 is 6.90. The molecule has 0 saturated carbocycles. The number of pyridine rings is 1. The van der Waals surface area contributed by atoms with E-state index in [-0.39, 0.29) is 11.3 Å². The van der Waals surface area contributed by atoms with Crippen molar-refractivity contribution < 1.29 is 9.53 Å². The van der Waals surface area contributed by atoms with Crippen molar-refractivity contribution in [2.75, 3.05) is 0 Å². The highest BCUT2D eigenvalue weighted by Gasteiger charge is 2.20. The van der Waals surface area contributed by atoms with Crippen LogP contribution >= 0.6 is 0 Å². The lowest BCUT2D eigenvalue weighted by atomic mass is 10.1. The minimum Gasteiger partial charge on any atom is -0.419 e. The Morgan fingerprint density at radius 2 is 1.53 bits per heavy atom. The topological polar surface area (TPSA) is 74.1 Å². The Morgan fingerprint density at radius 1 is 0.800 bits per heavy atom. The normalized spacial score (nSPS) is 10.9. The monoisotopic (exact) mass is 393 g/mol. The van der Waals surface area contributed by atoms with E-state index >= 15 is 0 Å². The first-order valence-corrected chi connectivity index (χ1v) is 9.36. The number of para-hydroxylation sites is 2. The molecule has 30 heavy (non-hydrogen) atoms. The van der Waals surface area contributed by atoms with Crippen LogP contribution in [0.2, 0.25) is 0 Å². The molecule has 2 aromatic heterocycles. The van der Waals surface area contributed by atoms with E-state index < -0.39 is 5.97 Å². The molecule has 0 aliphatic rings. The minimum atomic E-state index is -0.658. The minimum absolute atomic E-state index is 0.0574. The summed E-state index contributed by atoms with van der Waals surface area (Å²) in [6, 6.07) is 24.9. The zero-order valence-electron chi connectivity index (χ0n) is 15.7. The number of fused-ring (bicyclic) bond motifs is 2. The Bertz CT molecular complexity index is 1450. The number of rotatable bonds is 3. The molecule has 144 valence electrons. The maximum Gasteiger partial charge on any atom is 0.364 e. The highest BCUT2D eigenvalue weighted by atomic mass is 16.5. The maximum atomic E-state index is 13.1. The Kier molecular flexibility index (Phi) is 4.29. The van der Waals surface area contributed by atoms with Crippen molar-refractivity contribution in [2.24, 2.45) is 0 Å². The van der Waals surface area contributed by atoms with Crippen molar-refractivity contribution in [1.82, 2.24) is 14.8 Å². The van der Waals surface area contributed by atoms with Crippen LogP contribution in [-0.4, -0.2) is 20.7 Å². The largest absolute Gasteiger partial charge is 0.419 e. The predicted octanol–water partition coefficient (Wildman–Crippen LogP) is 4.15. The highest BCUT2D eigenvalue weighted by molar-refractivity contribution is 6.03. The molecule has 6 nitrogen and oxygen atoms in total. The third-order valence-electron chi connectivity index (χ3n) is 4.80. The van der Waals surface area contributed by atoms with Crippen molar-refractivity contribution in [3.63, 3.8) is 0 Å². The fraction of sp³-hybridized carbons (Fsp3) is 0. The van der Waals surface area contributed by atoms with Crippen LogP contribution in [0.25, 0.3) is 27.4 Å². The van der Waals surface area contributed by atoms with Gasteiger partial charge in [0.05, 0.1) is 11.1 Å². The second-order valence-electron chi connectivity index (χ2n) is 6.67. The molecule has 5 rings (SSSR count). The summed E-state index contributed by atoms with van der Waals surface area (Å²) in [5.74, 6) is -0.324. The number of aromatic nitrogens is 3. The zero-order chi connectivity index (χ0) is 20.5.